The summed E-state index contributed by atoms with van der Waals surface area (Å²) in [6, 6.07) is 9.37. The molecule has 0 aliphatic heterocycles. The fourth-order valence-corrected chi connectivity index (χ4v) is 2.15. The number of carbonyl (C=O) groups excluding carboxylic acids is 1. The molecule has 0 heterocycles. The molecule has 9 heteroatoms. The normalized spacial score (nSPS) is 10.9. The second kappa shape index (κ2) is 10.1. The minimum absolute atomic E-state index is 0. The largest absolute Gasteiger partial charge is 0.489 e. The van der Waals surface area contributed by atoms with Crippen LogP contribution in [0.25, 0.3) is 0 Å². The Morgan fingerprint density at radius 3 is 2.33 bits per heavy atom. The maximum absolute atomic E-state index is 13.0. The molecular formula is C18H20ClF3N2O3. The summed E-state index contributed by atoms with van der Waals surface area (Å²) in [5.74, 6) is -0.425. The lowest BCUT2D eigenvalue weighted by Gasteiger charge is -2.15. The lowest BCUT2D eigenvalue weighted by atomic mass is 10.1. The maximum atomic E-state index is 13.0. The van der Waals surface area contributed by atoms with Gasteiger partial charge in [0, 0.05) is 19.2 Å². The quantitative estimate of drug-likeness (QED) is 0.687. The van der Waals surface area contributed by atoms with E-state index < -0.39 is 17.6 Å². The molecule has 0 saturated carbocycles. The number of amides is 1. The van der Waals surface area contributed by atoms with E-state index in [0.717, 1.165) is 17.7 Å². The molecule has 5 nitrogen and oxygen atoms in total. The van der Waals surface area contributed by atoms with Crippen LogP contribution in [0.5, 0.6) is 5.75 Å². The maximum Gasteiger partial charge on any atom is 0.416 e. The van der Waals surface area contributed by atoms with Crippen LogP contribution in [0.2, 0.25) is 0 Å². The van der Waals surface area contributed by atoms with Crippen molar-refractivity contribution in [3.63, 3.8) is 0 Å². The van der Waals surface area contributed by atoms with E-state index in [2.05, 4.69) is 5.32 Å². The number of rotatable bonds is 7. The number of hydrogen-bond acceptors (Lipinski definition) is 4. The first-order valence-electron chi connectivity index (χ1n) is 7.78. The molecule has 0 spiro atoms. The first kappa shape index (κ1) is 22.8. The van der Waals surface area contributed by atoms with Gasteiger partial charge in [0.25, 0.3) is 5.91 Å². The molecule has 0 fully saturated rings. The van der Waals surface area contributed by atoms with Crippen LogP contribution in [0.4, 0.5) is 18.9 Å². The molecule has 0 atom stereocenters. The van der Waals surface area contributed by atoms with Crippen molar-refractivity contribution in [1.29, 1.82) is 0 Å². The molecule has 0 unspecified atom stereocenters. The van der Waals surface area contributed by atoms with Gasteiger partial charge in [0.05, 0.1) is 17.9 Å². The summed E-state index contributed by atoms with van der Waals surface area (Å²) in [5, 5.41) is 2.47. The highest BCUT2D eigenvalue weighted by molar-refractivity contribution is 6.05. The van der Waals surface area contributed by atoms with Gasteiger partial charge in [-0.05, 0) is 35.9 Å². The number of alkyl halides is 3. The van der Waals surface area contributed by atoms with Crippen LogP contribution in [0.15, 0.2) is 42.5 Å². The zero-order valence-corrected chi connectivity index (χ0v) is 15.3. The molecule has 27 heavy (non-hydrogen) atoms. The third-order valence-electron chi connectivity index (χ3n) is 3.55. The minimum atomic E-state index is -4.53. The van der Waals surface area contributed by atoms with E-state index in [4.69, 9.17) is 15.2 Å². The molecule has 0 saturated heterocycles. The van der Waals surface area contributed by atoms with Crippen molar-refractivity contribution in [2.75, 3.05) is 25.6 Å². The molecule has 2 rings (SSSR count). The molecule has 0 aliphatic carbocycles. The molecule has 0 bridgehead atoms. The zero-order chi connectivity index (χ0) is 19.2. The van der Waals surface area contributed by atoms with Crippen molar-refractivity contribution in [3.8, 4) is 5.75 Å². The Balaban J connectivity index is 0.00000364. The monoisotopic (exact) mass is 404 g/mol. The van der Waals surface area contributed by atoms with E-state index in [1.807, 2.05) is 0 Å². The number of ether oxygens (including phenoxy) is 2. The fourth-order valence-electron chi connectivity index (χ4n) is 2.15. The Morgan fingerprint density at radius 1 is 1.11 bits per heavy atom. The van der Waals surface area contributed by atoms with E-state index >= 15 is 0 Å². The Kier molecular flexibility index (Phi) is 8.55. The molecule has 0 aromatic heterocycles. The third kappa shape index (κ3) is 6.42. The van der Waals surface area contributed by atoms with Crippen LogP contribution in [-0.2, 0) is 17.5 Å². The Morgan fingerprint density at radius 2 is 1.78 bits per heavy atom. The van der Waals surface area contributed by atoms with Crippen molar-refractivity contribution < 1.29 is 27.4 Å². The lowest BCUT2D eigenvalue weighted by molar-refractivity contribution is -0.137. The van der Waals surface area contributed by atoms with Gasteiger partial charge in [-0.2, -0.15) is 13.2 Å². The predicted molar refractivity (Wildman–Crippen MR) is 98.3 cm³/mol. The number of benzene rings is 2. The summed E-state index contributed by atoms with van der Waals surface area (Å²) in [5.41, 5.74) is 5.68. The minimum Gasteiger partial charge on any atom is -0.489 e. The number of carbonyl (C=O) groups is 1. The fraction of sp³-hybridized carbons (Fsp3) is 0.278. The van der Waals surface area contributed by atoms with Crippen LogP contribution >= 0.6 is 12.4 Å². The highest BCUT2D eigenvalue weighted by Crippen LogP contribution is 2.35. The lowest BCUT2D eigenvalue weighted by Crippen LogP contribution is -2.15. The highest BCUT2D eigenvalue weighted by atomic mass is 35.5. The van der Waals surface area contributed by atoms with Gasteiger partial charge in [-0.3, -0.25) is 4.79 Å². The SMILES string of the molecule is COCCOc1ccc(C(F)(F)F)cc1NC(=O)c1ccc(CN)cc1.Cl. The van der Waals surface area contributed by atoms with Crippen molar-refractivity contribution in [2.24, 2.45) is 5.73 Å². The standard InChI is InChI=1S/C18H19F3N2O3.ClH/c1-25-8-9-26-16-7-6-14(18(19,20)21)10-15(16)23-17(24)13-4-2-12(11-22)3-5-13;/h2-7,10H,8-9,11,22H2,1H3,(H,23,24);1H. The molecule has 0 aliphatic rings. The molecule has 0 radical (unpaired) electrons. The van der Waals surface area contributed by atoms with Gasteiger partial charge in [-0.25, -0.2) is 0 Å². The first-order chi connectivity index (χ1) is 12.3. The molecule has 2 aromatic carbocycles. The van der Waals surface area contributed by atoms with Crippen LogP contribution in [0.3, 0.4) is 0 Å². The average Bonchev–Trinajstić information content (AvgIpc) is 2.62. The highest BCUT2D eigenvalue weighted by Gasteiger charge is 2.31. The first-order valence-corrected chi connectivity index (χ1v) is 7.78. The number of methoxy groups -OCH3 is 1. The summed E-state index contributed by atoms with van der Waals surface area (Å²) < 4.78 is 49.1. The van der Waals surface area contributed by atoms with Crippen molar-refractivity contribution in [2.45, 2.75) is 12.7 Å². The van der Waals surface area contributed by atoms with E-state index in [1.54, 1.807) is 24.3 Å². The van der Waals surface area contributed by atoms with Gasteiger partial charge in [0.15, 0.2) is 0 Å². The van der Waals surface area contributed by atoms with E-state index in [0.29, 0.717) is 12.1 Å². The zero-order valence-electron chi connectivity index (χ0n) is 14.5. The van der Waals surface area contributed by atoms with E-state index in [-0.39, 0.29) is 37.1 Å². The summed E-state index contributed by atoms with van der Waals surface area (Å²) in [7, 11) is 1.48. The number of hydrogen-bond donors (Lipinski definition) is 2. The van der Waals surface area contributed by atoms with Crippen LogP contribution in [0, 0.1) is 0 Å². The van der Waals surface area contributed by atoms with Crippen LogP contribution in [-0.4, -0.2) is 26.2 Å². The Hall–Kier alpha value is -2.29. The number of nitrogens with two attached hydrogens (primary N) is 1. The summed E-state index contributed by atoms with van der Waals surface area (Å²) >= 11 is 0. The number of anilines is 1. The van der Waals surface area contributed by atoms with Crippen LogP contribution in [0.1, 0.15) is 21.5 Å². The van der Waals surface area contributed by atoms with Crippen molar-refractivity contribution in [3.05, 3.63) is 59.2 Å². The number of nitrogens with one attached hydrogen (secondary N) is 1. The second-order valence-corrected chi connectivity index (χ2v) is 5.41. The molecule has 2 aromatic rings. The third-order valence-corrected chi connectivity index (χ3v) is 3.55. The molecular weight excluding hydrogens is 385 g/mol. The second-order valence-electron chi connectivity index (χ2n) is 5.41. The van der Waals surface area contributed by atoms with E-state index in [9.17, 15) is 18.0 Å². The van der Waals surface area contributed by atoms with Gasteiger partial charge < -0.3 is 20.5 Å². The van der Waals surface area contributed by atoms with E-state index in [1.165, 1.54) is 13.2 Å². The van der Waals surface area contributed by atoms with Crippen molar-refractivity contribution in [1.82, 2.24) is 0 Å². The molecule has 3 N–H and O–H groups in total. The van der Waals surface area contributed by atoms with Gasteiger partial charge in [0.2, 0.25) is 0 Å². The summed E-state index contributed by atoms with van der Waals surface area (Å²) in [6.45, 7) is 0.720. The molecule has 1 amide bonds. The number of halogens is 4. The summed E-state index contributed by atoms with van der Waals surface area (Å²) in [4.78, 5) is 12.4. The van der Waals surface area contributed by atoms with Gasteiger partial charge in [-0.15, -0.1) is 12.4 Å². The smallest absolute Gasteiger partial charge is 0.416 e. The Bertz CT molecular complexity index is 753. The van der Waals surface area contributed by atoms with Gasteiger partial charge in [-0.1, -0.05) is 12.1 Å². The molecule has 148 valence electrons. The Labute approximate surface area is 161 Å². The van der Waals surface area contributed by atoms with Gasteiger partial charge in [0.1, 0.15) is 12.4 Å². The topological polar surface area (TPSA) is 73.6 Å². The predicted octanol–water partition coefficient (Wildman–Crippen LogP) is 3.86. The average molecular weight is 405 g/mol. The van der Waals surface area contributed by atoms with Gasteiger partial charge >= 0.3 is 6.18 Å². The van der Waals surface area contributed by atoms with Crippen LogP contribution < -0.4 is 15.8 Å². The summed E-state index contributed by atoms with van der Waals surface area (Å²) in [6.07, 6.45) is -4.53. The van der Waals surface area contributed by atoms with Crippen molar-refractivity contribution >= 4 is 24.0 Å².